The third-order valence-electron chi connectivity index (χ3n) is 5.62. The molecule has 176 valence electrons. The first-order chi connectivity index (χ1) is 16.3. The SMILES string of the molecule is COc1ccc(CNC(=O)c2ccc3c(c2)N(Cc2ccccc2)C(=O)[C@@H](N)CS3(=O)=O)cc1. The number of ether oxygens (including phenoxy) is 1. The van der Waals surface area contributed by atoms with E-state index in [9.17, 15) is 18.0 Å². The van der Waals surface area contributed by atoms with Crippen molar-refractivity contribution in [3.63, 3.8) is 0 Å². The number of fused-ring (bicyclic) bond motifs is 1. The van der Waals surface area contributed by atoms with Crippen molar-refractivity contribution in [2.75, 3.05) is 17.8 Å². The van der Waals surface area contributed by atoms with Gasteiger partial charge < -0.3 is 20.7 Å². The van der Waals surface area contributed by atoms with E-state index in [1.165, 1.54) is 23.1 Å². The number of carbonyl (C=O) groups is 2. The van der Waals surface area contributed by atoms with Gasteiger partial charge in [0.2, 0.25) is 5.91 Å². The minimum Gasteiger partial charge on any atom is -0.497 e. The molecule has 2 amide bonds. The molecule has 3 N–H and O–H groups in total. The van der Waals surface area contributed by atoms with Gasteiger partial charge in [0.15, 0.2) is 9.84 Å². The van der Waals surface area contributed by atoms with Crippen LogP contribution < -0.4 is 20.7 Å². The van der Waals surface area contributed by atoms with Gasteiger partial charge in [-0.05, 0) is 41.5 Å². The highest BCUT2D eigenvalue weighted by Crippen LogP contribution is 2.32. The summed E-state index contributed by atoms with van der Waals surface area (Å²) in [5.74, 6) is -0.685. The summed E-state index contributed by atoms with van der Waals surface area (Å²) in [5, 5.41) is 2.82. The Kier molecular flexibility index (Phi) is 6.67. The van der Waals surface area contributed by atoms with Crippen molar-refractivity contribution >= 4 is 27.3 Å². The summed E-state index contributed by atoms with van der Waals surface area (Å²) in [6.45, 7) is 0.405. The lowest BCUT2D eigenvalue weighted by molar-refractivity contribution is -0.119. The van der Waals surface area contributed by atoms with Crippen molar-refractivity contribution in [3.8, 4) is 5.75 Å². The van der Waals surface area contributed by atoms with Gasteiger partial charge in [-0.15, -0.1) is 0 Å². The van der Waals surface area contributed by atoms with Crippen LogP contribution in [0.4, 0.5) is 5.69 Å². The summed E-state index contributed by atoms with van der Waals surface area (Å²) < 4.78 is 31.0. The highest BCUT2D eigenvalue weighted by Gasteiger charge is 2.36. The molecule has 0 aliphatic carbocycles. The second-order valence-corrected chi connectivity index (χ2v) is 10.0. The summed E-state index contributed by atoms with van der Waals surface area (Å²) >= 11 is 0. The molecular formula is C25H25N3O5S. The minimum atomic E-state index is -3.82. The van der Waals surface area contributed by atoms with E-state index in [2.05, 4.69) is 5.32 Å². The molecule has 0 spiro atoms. The quantitative estimate of drug-likeness (QED) is 0.560. The topological polar surface area (TPSA) is 119 Å². The van der Waals surface area contributed by atoms with Crippen molar-refractivity contribution in [3.05, 3.63) is 89.5 Å². The Morgan fingerprint density at radius 2 is 1.76 bits per heavy atom. The number of hydrogen-bond donors (Lipinski definition) is 2. The average molecular weight is 480 g/mol. The summed E-state index contributed by atoms with van der Waals surface area (Å²) in [6, 6.07) is 19.5. The number of sulfone groups is 1. The molecule has 0 saturated heterocycles. The molecule has 0 unspecified atom stereocenters. The molecule has 0 radical (unpaired) electrons. The number of nitrogens with one attached hydrogen (secondary N) is 1. The van der Waals surface area contributed by atoms with E-state index in [0.29, 0.717) is 5.75 Å². The molecular weight excluding hydrogens is 454 g/mol. The number of methoxy groups -OCH3 is 1. The maximum atomic E-state index is 13.1. The van der Waals surface area contributed by atoms with Crippen LogP contribution in [0.15, 0.2) is 77.7 Å². The Bertz CT molecular complexity index is 1310. The van der Waals surface area contributed by atoms with E-state index in [1.807, 2.05) is 42.5 Å². The van der Waals surface area contributed by atoms with Crippen LogP contribution in [-0.2, 0) is 27.7 Å². The standard InChI is InChI=1S/C25H25N3O5S/c1-33-20-10-7-17(8-11-20)14-27-24(29)19-9-12-23-22(13-19)28(15-18-5-3-2-4-6-18)25(30)21(26)16-34(23,31)32/h2-13,21H,14-16,26H2,1H3,(H,27,29)/t21-/m0/s1. The molecule has 4 rings (SSSR count). The van der Waals surface area contributed by atoms with Crippen LogP contribution in [0.3, 0.4) is 0 Å². The zero-order chi connectivity index (χ0) is 24.3. The Balaban J connectivity index is 1.65. The highest BCUT2D eigenvalue weighted by atomic mass is 32.2. The molecule has 8 nitrogen and oxygen atoms in total. The van der Waals surface area contributed by atoms with E-state index in [1.54, 1.807) is 19.2 Å². The van der Waals surface area contributed by atoms with Crippen LogP contribution in [0.5, 0.6) is 5.75 Å². The predicted molar refractivity (Wildman–Crippen MR) is 128 cm³/mol. The number of hydrogen-bond acceptors (Lipinski definition) is 6. The van der Waals surface area contributed by atoms with Gasteiger partial charge in [0, 0.05) is 12.1 Å². The first-order valence-electron chi connectivity index (χ1n) is 10.7. The maximum absolute atomic E-state index is 13.1. The summed E-state index contributed by atoms with van der Waals surface area (Å²) in [4.78, 5) is 27.3. The van der Waals surface area contributed by atoms with Gasteiger partial charge in [0.05, 0.1) is 36.0 Å². The summed E-state index contributed by atoms with van der Waals surface area (Å²) in [5.41, 5.74) is 8.02. The molecule has 0 saturated carbocycles. The summed E-state index contributed by atoms with van der Waals surface area (Å²) in [6.07, 6.45) is 0. The zero-order valence-electron chi connectivity index (χ0n) is 18.6. The molecule has 0 fully saturated rings. The van der Waals surface area contributed by atoms with E-state index in [4.69, 9.17) is 10.5 Å². The fourth-order valence-electron chi connectivity index (χ4n) is 3.81. The van der Waals surface area contributed by atoms with Crippen molar-refractivity contribution < 1.29 is 22.7 Å². The lowest BCUT2D eigenvalue weighted by Crippen LogP contribution is -2.45. The van der Waals surface area contributed by atoms with Gasteiger partial charge in [-0.1, -0.05) is 42.5 Å². The lowest BCUT2D eigenvalue weighted by Gasteiger charge is -2.24. The Hall–Kier alpha value is -3.69. The average Bonchev–Trinajstić information content (AvgIpc) is 2.91. The fraction of sp³-hybridized carbons (Fsp3) is 0.200. The van der Waals surface area contributed by atoms with Crippen molar-refractivity contribution in [1.82, 2.24) is 5.32 Å². The predicted octanol–water partition coefficient (Wildman–Crippen LogP) is 2.27. The van der Waals surface area contributed by atoms with Gasteiger partial charge in [0.25, 0.3) is 5.91 Å². The highest BCUT2D eigenvalue weighted by molar-refractivity contribution is 7.91. The van der Waals surface area contributed by atoms with E-state index in [0.717, 1.165) is 11.1 Å². The van der Waals surface area contributed by atoms with Crippen molar-refractivity contribution in [1.29, 1.82) is 0 Å². The third kappa shape index (κ3) is 4.95. The number of nitrogens with zero attached hydrogens (tertiary/aromatic N) is 1. The first-order valence-corrected chi connectivity index (χ1v) is 12.3. The maximum Gasteiger partial charge on any atom is 0.251 e. The fourth-order valence-corrected chi connectivity index (χ4v) is 5.36. The Morgan fingerprint density at radius 1 is 1.06 bits per heavy atom. The number of amides is 2. The first kappa shape index (κ1) is 23.5. The number of carbonyl (C=O) groups excluding carboxylic acids is 2. The van der Waals surface area contributed by atoms with Crippen molar-refractivity contribution in [2.24, 2.45) is 5.73 Å². The van der Waals surface area contributed by atoms with Crippen LogP contribution >= 0.6 is 0 Å². The van der Waals surface area contributed by atoms with Crippen LogP contribution in [0.25, 0.3) is 0 Å². The third-order valence-corrected chi connectivity index (χ3v) is 7.44. The van der Waals surface area contributed by atoms with Gasteiger partial charge in [0.1, 0.15) is 5.75 Å². The van der Waals surface area contributed by atoms with Gasteiger partial charge >= 0.3 is 0 Å². The summed E-state index contributed by atoms with van der Waals surface area (Å²) in [7, 11) is -2.24. The Labute approximate surface area is 198 Å². The lowest BCUT2D eigenvalue weighted by atomic mass is 10.1. The van der Waals surface area contributed by atoms with Gasteiger partial charge in [-0.25, -0.2) is 8.42 Å². The zero-order valence-corrected chi connectivity index (χ0v) is 19.4. The molecule has 9 heteroatoms. The number of rotatable bonds is 6. The normalized spacial score (nSPS) is 16.9. The smallest absolute Gasteiger partial charge is 0.251 e. The van der Waals surface area contributed by atoms with E-state index >= 15 is 0 Å². The molecule has 0 bridgehead atoms. The molecule has 1 aliphatic heterocycles. The number of anilines is 1. The van der Waals surface area contributed by atoms with E-state index < -0.39 is 33.4 Å². The number of nitrogens with two attached hydrogens (primary N) is 1. The Morgan fingerprint density at radius 3 is 2.44 bits per heavy atom. The molecule has 1 aliphatic rings. The minimum absolute atomic E-state index is 0.0172. The van der Waals surface area contributed by atoms with E-state index in [-0.39, 0.29) is 29.2 Å². The monoisotopic (exact) mass is 479 g/mol. The molecule has 1 atom stereocenters. The van der Waals surface area contributed by atoms with Crippen LogP contribution in [0.2, 0.25) is 0 Å². The molecule has 3 aromatic rings. The van der Waals surface area contributed by atoms with Crippen molar-refractivity contribution in [2.45, 2.75) is 24.0 Å². The van der Waals surface area contributed by atoms with Crippen LogP contribution in [0.1, 0.15) is 21.5 Å². The molecule has 34 heavy (non-hydrogen) atoms. The van der Waals surface area contributed by atoms with Crippen LogP contribution in [0, 0.1) is 0 Å². The van der Waals surface area contributed by atoms with Gasteiger partial charge in [-0.2, -0.15) is 0 Å². The largest absolute Gasteiger partial charge is 0.497 e. The molecule has 1 heterocycles. The van der Waals surface area contributed by atoms with Gasteiger partial charge in [-0.3, -0.25) is 9.59 Å². The second-order valence-electron chi connectivity index (χ2n) is 8.01. The second kappa shape index (κ2) is 9.66. The molecule has 0 aromatic heterocycles. The van der Waals surface area contributed by atoms with Crippen LogP contribution in [-0.4, -0.2) is 39.1 Å². The molecule has 3 aromatic carbocycles. The number of benzene rings is 3.